The van der Waals surface area contributed by atoms with Crippen LogP contribution in [0.5, 0.6) is 0 Å². The third-order valence-electron chi connectivity index (χ3n) is 6.58. The molecule has 2 aromatic rings. The number of nitrogens with one attached hydrogen (secondary N) is 1. The second-order valence-electron chi connectivity index (χ2n) is 8.98. The Hall–Kier alpha value is -3.33. The standard InChI is InChI=1S/C26H29N5O3S/c32-23(18-22-24(33)28-26(35-22)31-12-4-5-13-31)27-20-10-8-19(9-11-20)25(34)30-16-14-29(15-17-30)21-6-2-1-3-7-21/h1-3,6-11,22H,4-5,12-18H2,(H,27,32). The van der Waals surface area contributed by atoms with Crippen molar-refractivity contribution in [2.75, 3.05) is 49.5 Å². The summed E-state index contributed by atoms with van der Waals surface area (Å²) in [6.07, 6.45) is 2.30. The first-order valence-corrected chi connectivity index (χ1v) is 13.0. The number of rotatable bonds is 5. The van der Waals surface area contributed by atoms with Crippen LogP contribution in [0.15, 0.2) is 59.6 Å². The first-order chi connectivity index (χ1) is 17.1. The van der Waals surface area contributed by atoms with Crippen molar-refractivity contribution >= 4 is 46.0 Å². The summed E-state index contributed by atoms with van der Waals surface area (Å²) >= 11 is 1.39. The van der Waals surface area contributed by atoms with Crippen molar-refractivity contribution in [1.29, 1.82) is 0 Å². The zero-order valence-corrected chi connectivity index (χ0v) is 20.4. The van der Waals surface area contributed by atoms with Crippen molar-refractivity contribution < 1.29 is 14.4 Å². The van der Waals surface area contributed by atoms with E-state index in [0.717, 1.165) is 44.2 Å². The van der Waals surface area contributed by atoms with Gasteiger partial charge in [-0.15, -0.1) is 0 Å². The highest BCUT2D eigenvalue weighted by molar-refractivity contribution is 8.15. The fourth-order valence-corrected chi connectivity index (χ4v) is 5.74. The van der Waals surface area contributed by atoms with E-state index in [0.29, 0.717) is 24.3 Å². The Labute approximate surface area is 209 Å². The molecule has 5 rings (SSSR count). The van der Waals surface area contributed by atoms with E-state index in [4.69, 9.17) is 0 Å². The van der Waals surface area contributed by atoms with Crippen LogP contribution in [0.1, 0.15) is 29.6 Å². The van der Waals surface area contributed by atoms with Gasteiger partial charge in [-0.3, -0.25) is 14.4 Å². The Morgan fingerprint density at radius 3 is 2.26 bits per heavy atom. The summed E-state index contributed by atoms with van der Waals surface area (Å²) in [4.78, 5) is 48.1. The summed E-state index contributed by atoms with van der Waals surface area (Å²) in [5.41, 5.74) is 2.38. The Balaban J connectivity index is 1.10. The third-order valence-corrected chi connectivity index (χ3v) is 7.79. The Morgan fingerprint density at radius 2 is 1.57 bits per heavy atom. The lowest BCUT2D eigenvalue weighted by atomic mass is 10.1. The number of likely N-dealkylation sites (tertiary alicyclic amines) is 1. The van der Waals surface area contributed by atoms with Crippen molar-refractivity contribution in [3.8, 4) is 0 Å². The number of hydrogen-bond acceptors (Lipinski definition) is 6. The molecular formula is C26H29N5O3S. The van der Waals surface area contributed by atoms with Gasteiger partial charge in [0.25, 0.3) is 11.8 Å². The fraction of sp³-hybridized carbons (Fsp3) is 0.385. The van der Waals surface area contributed by atoms with Crippen LogP contribution in [0.25, 0.3) is 0 Å². The minimum Gasteiger partial charge on any atom is -0.368 e. The second-order valence-corrected chi connectivity index (χ2v) is 10.1. The highest BCUT2D eigenvalue weighted by Crippen LogP contribution is 2.29. The number of amidine groups is 1. The molecule has 2 fully saturated rings. The van der Waals surface area contributed by atoms with Gasteiger partial charge in [-0.2, -0.15) is 4.99 Å². The van der Waals surface area contributed by atoms with E-state index >= 15 is 0 Å². The van der Waals surface area contributed by atoms with E-state index in [2.05, 4.69) is 32.2 Å². The molecule has 8 nitrogen and oxygen atoms in total. The summed E-state index contributed by atoms with van der Waals surface area (Å²) in [6, 6.07) is 17.2. The minimum absolute atomic E-state index is 0.00451. The van der Waals surface area contributed by atoms with Crippen molar-refractivity contribution in [3.63, 3.8) is 0 Å². The lowest BCUT2D eigenvalue weighted by Crippen LogP contribution is -2.48. The van der Waals surface area contributed by atoms with Gasteiger partial charge in [0.2, 0.25) is 5.91 Å². The molecule has 182 valence electrons. The Bertz CT molecular complexity index is 1110. The quantitative estimate of drug-likeness (QED) is 0.692. The molecule has 0 saturated carbocycles. The van der Waals surface area contributed by atoms with Crippen LogP contribution in [-0.2, 0) is 9.59 Å². The molecule has 0 aliphatic carbocycles. The number of hydrogen-bond donors (Lipinski definition) is 1. The molecule has 2 aromatic carbocycles. The second kappa shape index (κ2) is 10.5. The van der Waals surface area contributed by atoms with Gasteiger partial charge in [0.1, 0.15) is 5.25 Å². The lowest BCUT2D eigenvalue weighted by molar-refractivity contribution is -0.121. The average molecular weight is 492 g/mol. The monoisotopic (exact) mass is 491 g/mol. The van der Waals surface area contributed by atoms with E-state index in [-0.39, 0.29) is 24.1 Å². The normalized spacial score (nSPS) is 20.2. The van der Waals surface area contributed by atoms with Crippen molar-refractivity contribution in [3.05, 3.63) is 60.2 Å². The molecule has 1 unspecified atom stereocenters. The van der Waals surface area contributed by atoms with Crippen molar-refractivity contribution in [2.45, 2.75) is 24.5 Å². The molecule has 1 atom stereocenters. The molecule has 9 heteroatoms. The number of para-hydroxylation sites is 1. The number of aliphatic imine (C=N–C) groups is 1. The number of amides is 3. The number of thioether (sulfide) groups is 1. The van der Waals surface area contributed by atoms with Crippen LogP contribution in [0.2, 0.25) is 0 Å². The number of piperazine rings is 1. The van der Waals surface area contributed by atoms with E-state index in [1.165, 1.54) is 17.4 Å². The van der Waals surface area contributed by atoms with Gasteiger partial charge in [-0.1, -0.05) is 30.0 Å². The molecule has 35 heavy (non-hydrogen) atoms. The van der Waals surface area contributed by atoms with Crippen LogP contribution in [0, 0.1) is 0 Å². The van der Waals surface area contributed by atoms with Crippen LogP contribution in [0.3, 0.4) is 0 Å². The molecule has 2 saturated heterocycles. The highest BCUT2D eigenvalue weighted by atomic mass is 32.2. The number of nitrogens with zero attached hydrogens (tertiary/aromatic N) is 4. The van der Waals surface area contributed by atoms with E-state index in [1.54, 1.807) is 24.3 Å². The zero-order valence-electron chi connectivity index (χ0n) is 19.6. The molecule has 0 spiro atoms. The molecule has 0 bridgehead atoms. The zero-order chi connectivity index (χ0) is 24.2. The molecule has 3 aliphatic heterocycles. The smallest absolute Gasteiger partial charge is 0.262 e. The predicted molar refractivity (Wildman–Crippen MR) is 139 cm³/mol. The van der Waals surface area contributed by atoms with Crippen LogP contribution >= 0.6 is 11.8 Å². The summed E-state index contributed by atoms with van der Waals surface area (Å²) in [5.74, 6) is -0.472. The van der Waals surface area contributed by atoms with Crippen molar-refractivity contribution in [2.24, 2.45) is 4.99 Å². The van der Waals surface area contributed by atoms with Gasteiger partial charge in [0.15, 0.2) is 5.17 Å². The van der Waals surface area contributed by atoms with Gasteiger partial charge in [-0.05, 0) is 49.2 Å². The summed E-state index contributed by atoms with van der Waals surface area (Å²) in [7, 11) is 0. The first-order valence-electron chi connectivity index (χ1n) is 12.1. The number of carbonyl (C=O) groups is 3. The topological polar surface area (TPSA) is 85.3 Å². The molecule has 1 N–H and O–H groups in total. The number of benzene rings is 2. The van der Waals surface area contributed by atoms with Crippen LogP contribution < -0.4 is 10.2 Å². The lowest BCUT2D eigenvalue weighted by Gasteiger charge is -2.36. The van der Waals surface area contributed by atoms with Crippen molar-refractivity contribution in [1.82, 2.24) is 9.80 Å². The Kier molecular flexibility index (Phi) is 7.03. The third kappa shape index (κ3) is 5.51. The number of anilines is 2. The minimum atomic E-state index is -0.471. The molecular weight excluding hydrogens is 462 g/mol. The maximum Gasteiger partial charge on any atom is 0.262 e. The number of carbonyl (C=O) groups excluding carboxylic acids is 3. The maximum atomic E-state index is 12.9. The Morgan fingerprint density at radius 1 is 0.886 bits per heavy atom. The van der Waals surface area contributed by atoms with Gasteiger partial charge < -0.3 is 20.0 Å². The summed E-state index contributed by atoms with van der Waals surface area (Å²) in [6.45, 7) is 4.77. The SMILES string of the molecule is O=C(CC1SC(N2CCCC2)=NC1=O)Nc1ccc(C(=O)N2CCN(c3ccccc3)CC2)cc1. The molecule has 0 radical (unpaired) electrons. The molecule has 3 amide bonds. The fourth-order valence-electron chi connectivity index (χ4n) is 4.62. The highest BCUT2D eigenvalue weighted by Gasteiger charge is 2.33. The summed E-state index contributed by atoms with van der Waals surface area (Å²) < 4.78 is 0. The van der Waals surface area contributed by atoms with E-state index in [9.17, 15) is 14.4 Å². The van der Waals surface area contributed by atoms with Gasteiger partial charge in [-0.25, -0.2) is 0 Å². The predicted octanol–water partition coefficient (Wildman–Crippen LogP) is 3.07. The first kappa shape index (κ1) is 23.4. The van der Waals surface area contributed by atoms with Gasteiger partial charge in [0, 0.05) is 62.6 Å². The largest absolute Gasteiger partial charge is 0.368 e. The van der Waals surface area contributed by atoms with Gasteiger partial charge >= 0.3 is 0 Å². The van der Waals surface area contributed by atoms with E-state index in [1.807, 2.05) is 23.1 Å². The maximum absolute atomic E-state index is 12.9. The molecule has 3 heterocycles. The summed E-state index contributed by atoms with van der Waals surface area (Å²) in [5, 5.41) is 3.12. The molecule has 0 aromatic heterocycles. The molecule has 3 aliphatic rings. The van der Waals surface area contributed by atoms with Gasteiger partial charge in [0.05, 0.1) is 0 Å². The average Bonchev–Trinajstić information content (AvgIpc) is 3.55. The van der Waals surface area contributed by atoms with Crippen LogP contribution in [-0.4, -0.2) is 77.2 Å². The van der Waals surface area contributed by atoms with E-state index < -0.39 is 5.25 Å². The van der Waals surface area contributed by atoms with Crippen LogP contribution in [0.4, 0.5) is 11.4 Å².